The summed E-state index contributed by atoms with van der Waals surface area (Å²) in [5.74, 6) is 2.51. The molecule has 0 fully saturated rings. The van der Waals surface area contributed by atoms with Crippen molar-refractivity contribution in [2.75, 3.05) is 44.1 Å². The lowest BCUT2D eigenvalue weighted by Crippen LogP contribution is -2.38. The van der Waals surface area contributed by atoms with Crippen molar-refractivity contribution in [2.24, 2.45) is 0 Å². The first-order valence-electron chi connectivity index (χ1n) is 8.93. The van der Waals surface area contributed by atoms with E-state index in [9.17, 15) is 0 Å². The minimum Gasteiger partial charge on any atom is -0.493 e. The first kappa shape index (κ1) is 16.1. The maximum Gasteiger partial charge on any atom is 0.125 e. The second kappa shape index (κ2) is 5.87. The van der Waals surface area contributed by atoms with Crippen molar-refractivity contribution in [1.82, 2.24) is 0 Å². The Morgan fingerprint density at radius 3 is 2.80 bits per heavy atom. The van der Waals surface area contributed by atoms with Crippen molar-refractivity contribution in [1.29, 1.82) is 0 Å². The molecule has 0 spiro atoms. The molecule has 25 heavy (non-hydrogen) atoms. The van der Waals surface area contributed by atoms with Gasteiger partial charge >= 0.3 is 0 Å². The summed E-state index contributed by atoms with van der Waals surface area (Å²) in [4.78, 5) is 2.30. The molecule has 2 aliphatic heterocycles. The van der Waals surface area contributed by atoms with Crippen LogP contribution in [0.1, 0.15) is 30.9 Å². The predicted octanol–water partition coefficient (Wildman–Crippen LogP) is 4.01. The summed E-state index contributed by atoms with van der Waals surface area (Å²) in [5, 5.41) is 3.17. The van der Waals surface area contributed by atoms with Crippen LogP contribution >= 0.6 is 0 Å². The van der Waals surface area contributed by atoms with Gasteiger partial charge in [-0.1, -0.05) is 26.0 Å². The topological polar surface area (TPSA) is 33.7 Å². The van der Waals surface area contributed by atoms with E-state index in [0.717, 1.165) is 30.3 Å². The van der Waals surface area contributed by atoms with Gasteiger partial charge in [-0.05, 0) is 12.1 Å². The number of benzene rings is 2. The van der Waals surface area contributed by atoms with Gasteiger partial charge < -0.3 is 19.7 Å². The molecule has 132 valence electrons. The molecule has 4 nitrogen and oxygen atoms in total. The SMILES string of the molecule is CNc1ccc2c(c1)OCC2(C)CN(C)c1ccc2c(c1)OCC2C. The average Bonchev–Trinajstić information content (AvgIpc) is 3.15. The van der Waals surface area contributed by atoms with Gasteiger partial charge in [0.2, 0.25) is 0 Å². The molecule has 1 N–H and O–H groups in total. The van der Waals surface area contributed by atoms with E-state index >= 15 is 0 Å². The molecule has 0 radical (unpaired) electrons. The molecule has 0 amide bonds. The third-order valence-electron chi connectivity index (χ3n) is 5.51. The Hall–Kier alpha value is -2.36. The molecular formula is C21H26N2O2. The fraction of sp³-hybridized carbons (Fsp3) is 0.429. The maximum atomic E-state index is 5.99. The van der Waals surface area contributed by atoms with E-state index in [1.807, 2.05) is 7.05 Å². The van der Waals surface area contributed by atoms with Crippen molar-refractivity contribution in [3.63, 3.8) is 0 Å². The Morgan fingerprint density at radius 2 is 2.00 bits per heavy atom. The van der Waals surface area contributed by atoms with Crippen LogP contribution in [0.3, 0.4) is 0 Å². The molecule has 0 saturated carbocycles. The number of fused-ring (bicyclic) bond motifs is 2. The number of nitrogens with zero attached hydrogens (tertiary/aromatic N) is 1. The summed E-state index contributed by atoms with van der Waals surface area (Å²) >= 11 is 0. The lowest BCUT2D eigenvalue weighted by molar-refractivity contribution is 0.280. The first-order chi connectivity index (χ1) is 12.0. The Labute approximate surface area is 149 Å². The summed E-state index contributed by atoms with van der Waals surface area (Å²) < 4.78 is 11.8. The summed E-state index contributed by atoms with van der Waals surface area (Å²) in [7, 11) is 4.08. The van der Waals surface area contributed by atoms with Gasteiger partial charge in [0, 0.05) is 66.6 Å². The van der Waals surface area contributed by atoms with Crippen LogP contribution in [0.5, 0.6) is 11.5 Å². The van der Waals surface area contributed by atoms with Gasteiger partial charge in [0.05, 0.1) is 13.2 Å². The molecule has 4 heteroatoms. The number of rotatable bonds is 4. The molecule has 4 rings (SSSR count). The molecule has 0 aromatic heterocycles. The zero-order valence-electron chi connectivity index (χ0n) is 15.4. The van der Waals surface area contributed by atoms with E-state index in [-0.39, 0.29) is 5.41 Å². The Bertz CT molecular complexity index is 804. The molecule has 2 aromatic rings. The molecule has 0 bridgehead atoms. The highest BCUT2D eigenvalue weighted by Gasteiger charge is 2.37. The molecule has 2 aliphatic rings. The zero-order valence-corrected chi connectivity index (χ0v) is 15.4. The second-order valence-electron chi connectivity index (χ2n) is 7.60. The van der Waals surface area contributed by atoms with Gasteiger partial charge in [-0.15, -0.1) is 0 Å². The van der Waals surface area contributed by atoms with Crippen LogP contribution in [-0.4, -0.2) is 33.9 Å². The van der Waals surface area contributed by atoms with Gasteiger partial charge in [0.15, 0.2) is 0 Å². The minimum atomic E-state index is -0.0243. The van der Waals surface area contributed by atoms with E-state index in [0.29, 0.717) is 12.5 Å². The first-order valence-corrected chi connectivity index (χ1v) is 8.93. The third kappa shape index (κ3) is 2.70. The van der Waals surface area contributed by atoms with Crippen LogP contribution in [0.25, 0.3) is 0 Å². The predicted molar refractivity (Wildman–Crippen MR) is 102 cm³/mol. The van der Waals surface area contributed by atoms with Crippen molar-refractivity contribution in [3.8, 4) is 11.5 Å². The Morgan fingerprint density at radius 1 is 1.16 bits per heavy atom. The quantitative estimate of drug-likeness (QED) is 0.913. The van der Waals surface area contributed by atoms with E-state index < -0.39 is 0 Å². The van der Waals surface area contributed by atoms with Gasteiger partial charge in [0.1, 0.15) is 11.5 Å². The van der Waals surface area contributed by atoms with Crippen LogP contribution in [0, 0.1) is 0 Å². The maximum absolute atomic E-state index is 5.99. The van der Waals surface area contributed by atoms with Gasteiger partial charge in [-0.25, -0.2) is 0 Å². The fourth-order valence-corrected chi connectivity index (χ4v) is 3.95. The smallest absolute Gasteiger partial charge is 0.125 e. The van der Waals surface area contributed by atoms with E-state index in [1.165, 1.54) is 16.8 Å². The number of hydrogen-bond donors (Lipinski definition) is 1. The highest BCUT2D eigenvalue weighted by molar-refractivity contribution is 5.58. The summed E-state index contributed by atoms with van der Waals surface area (Å²) in [6.45, 7) is 6.88. The van der Waals surface area contributed by atoms with Crippen LogP contribution in [0.15, 0.2) is 36.4 Å². The lowest BCUT2D eigenvalue weighted by atomic mass is 9.84. The third-order valence-corrected chi connectivity index (χ3v) is 5.51. The van der Waals surface area contributed by atoms with Crippen LogP contribution in [-0.2, 0) is 5.41 Å². The van der Waals surface area contributed by atoms with Gasteiger partial charge in [-0.2, -0.15) is 0 Å². The minimum absolute atomic E-state index is 0.0243. The zero-order chi connectivity index (χ0) is 17.6. The van der Waals surface area contributed by atoms with Crippen molar-refractivity contribution >= 4 is 11.4 Å². The largest absolute Gasteiger partial charge is 0.493 e. The van der Waals surface area contributed by atoms with Crippen LogP contribution < -0.4 is 19.7 Å². The van der Waals surface area contributed by atoms with Crippen LogP contribution in [0.4, 0.5) is 11.4 Å². The van der Waals surface area contributed by atoms with Gasteiger partial charge in [0.25, 0.3) is 0 Å². The number of ether oxygens (including phenoxy) is 2. The normalized spacial score (nSPS) is 23.4. The Balaban J connectivity index is 1.57. The van der Waals surface area contributed by atoms with Gasteiger partial charge in [-0.3, -0.25) is 0 Å². The second-order valence-corrected chi connectivity index (χ2v) is 7.60. The number of hydrogen-bond acceptors (Lipinski definition) is 4. The molecule has 2 heterocycles. The highest BCUT2D eigenvalue weighted by atomic mass is 16.5. The molecule has 2 aromatic carbocycles. The summed E-state index contributed by atoms with van der Waals surface area (Å²) in [6, 6.07) is 13.0. The Kier molecular flexibility index (Phi) is 3.78. The van der Waals surface area contributed by atoms with Crippen molar-refractivity contribution in [2.45, 2.75) is 25.2 Å². The van der Waals surface area contributed by atoms with E-state index in [2.05, 4.69) is 67.5 Å². The number of anilines is 2. The molecular weight excluding hydrogens is 312 g/mol. The van der Waals surface area contributed by atoms with Crippen LogP contribution in [0.2, 0.25) is 0 Å². The average molecular weight is 338 g/mol. The lowest BCUT2D eigenvalue weighted by Gasteiger charge is -2.30. The van der Waals surface area contributed by atoms with Crippen molar-refractivity contribution in [3.05, 3.63) is 47.5 Å². The fourth-order valence-electron chi connectivity index (χ4n) is 3.95. The molecule has 2 unspecified atom stereocenters. The van der Waals surface area contributed by atoms with E-state index in [1.54, 1.807) is 0 Å². The highest BCUT2D eigenvalue weighted by Crippen LogP contribution is 2.42. The summed E-state index contributed by atoms with van der Waals surface area (Å²) in [5.41, 5.74) is 4.85. The molecule has 0 aliphatic carbocycles. The molecule has 2 atom stereocenters. The number of likely N-dealkylation sites (N-methyl/N-ethyl adjacent to an activating group) is 1. The van der Waals surface area contributed by atoms with E-state index in [4.69, 9.17) is 9.47 Å². The van der Waals surface area contributed by atoms with Crippen molar-refractivity contribution < 1.29 is 9.47 Å². The summed E-state index contributed by atoms with van der Waals surface area (Å²) in [6.07, 6.45) is 0. The standard InChI is InChI=1S/C21H26N2O2/c1-14-11-24-19-10-16(6-7-17(14)19)23(4)12-21(2)13-25-20-9-15(22-3)5-8-18(20)21/h5-10,14,22H,11-13H2,1-4H3. The molecule has 0 saturated heterocycles. The number of nitrogens with one attached hydrogen (secondary N) is 1. The monoisotopic (exact) mass is 338 g/mol.